The molecule has 1 aromatic heterocycles. The second kappa shape index (κ2) is 8.56. The van der Waals surface area contributed by atoms with Crippen LogP contribution in [-0.2, 0) is 9.84 Å². The molecule has 32 heavy (non-hydrogen) atoms. The Labute approximate surface area is 192 Å². The normalized spacial score (nSPS) is 11.3. The van der Waals surface area contributed by atoms with Crippen LogP contribution in [0.2, 0.25) is 0 Å². The summed E-state index contributed by atoms with van der Waals surface area (Å²) in [4.78, 5) is 11.5. The summed E-state index contributed by atoms with van der Waals surface area (Å²) in [5, 5.41) is 17.2. The van der Waals surface area contributed by atoms with E-state index in [2.05, 4.69) is 26.2 Å². The number of rotatable bonds is 6. The molecule has 0 saturated carbocycles. The van der Waals surface area contributed by atoms with Crippen molar-refractivity contribution in [1.82, 2.24) is 15.0 Å². The number of carboxylic acid groups (broad SMARTS) is 1. The fourth-order valence-electron chi connectivity index (χ4n) is 3.12. The van der Waals surface area contributed by atoms with Gasteiger partial charge in [0, 0.05) is 10.0 Å². The molecule has 1 heterocycles. The first-order chi connectivity index (χ1) is 15.3. The van der Waals surface area contributed by atoms with E-state index in [9.17, 15) is 18.3 Å². The Bertz CT molecular complexity index is 1400. The number of benzene rings is 3. The zero-order valence-corrected chi connectivity index (χ0v) is 19.0. The lowest BCUT2D eigenvalue weighted by Gasteiger charge is -2.10. The fourth-order valence-corrected chi connectivity index (χ4v) is 4.71. The van der Waals surface area contributed by atoms with Gasteiger partial charge in [0.2, 0.25) is 14.9 Å². The van der Waals surface area contributed by atoms with Crippen molar-refractivity contribution in [2.45, 2.75) is 9.92 Å². The van der Waals surface area contributed by atoms with Crippen LogP contribution in [0.4, 0.5) is 0 Å². The fraction of sp³-hybridized carbons (Fsp3) is 0.0455. The molecule has 0 aliphatic heterocycles. The highest BCUT2D eigenvalue weighted by Crippen LogP contribution is 2.33. The number of ether oxygens (including phenoxy) is 1. The topological polar surface area (TPSA) is 111 Å². The Morgan fingerprint density at radius 3 is 2.34 bits per heavy atom. The number of aromatic nitrogens is 3. The van der Waals surface area contributed by atoms with Gasteiger partial charge in [0.15, 0.2) is 0 Å². The Kier molecular flexibility index (Phi) is 5.81. The van der Waals surface area contributed by atoms with Gasteiger partial charge in [-0.2, -0.15) is 0 Å². The lowest BCUT2D eigenvalue weighted by atomic mass is 10.1. The summed E-state index contributed by atoms with van der Waals surface area (Å²) in [6, 6.07) is 19.0. The quantitative estimate of drug-likeness (QED) is 0.410. The predicted molar refractivity (Wildman–Crippen MR) is 120 cm³/mol. The molecule has 0 unspecified atom stereocenters. The number of carbonyl (C=O) groups is 1. The molecule has 0 radical (unpaired) electrons. The van der Waals surface area contributed by atoms with Crippen molar-refractivity contribution >= 4 is 31.7 Å². The van der Waals surface area contributed by atoms with Gasteiger partial charge in [-0.3, -0.25) is 0 Å². The zero-order chi connectivity index (χ0) is 22.9. The monoisotopic (exact) mass is 513 g/mol. The smallest absolute Gasteiger partial charge is 0.335 e. The third-order valence-electron chi connectivity index (χ3n) is 4.72. The number of halogens is 1. The second-order valence-electron chi connectivity index (χ2n) is 6.70. The minimum atomic E-state index is -4.04. The van der Waals surface area contributed by atoms with E-state index in [-0.39, 0.29) is 21.2 Å². The van der Waals surface area contributed by atoms with Crippen molar-refractivity contribution in [3.8, 4) is 22.7 Å². The highest BCUT2D eigenvalue weighted by Gasteiger charge is 2.29. The van der Waals surface area contributed by atoms with Gasteiger partial charge in [-0.1, -0.05) is 39.3 Å². The van der Waals surface area contributed by atoms with Gasteiger partial charge in [0.25, 0.3) is 0 Å². The molecular weight excluding hydrogens is 498 g/mol. The lowest BCUT2D eigenvalue weighted by Crippen LogP contribution is -2.06. The molecule has 0 atom stereocenters. The SMILES string of the molecule is COc1ccc(S(=O)(=O)c2nnn(-c3cccc(C(=O)O)c3)c2-c2ccc(Br)cc2)cc1. The van der Waals surface area contributed by atoms with Crippen molar-refractivity contribution in [3.05, 3.63) is 82.8 Å². The molecular formula is C22H16BrN3O5S. The summed E-state index contributed by atoms with van der Waals surface area (Å²) >= 11 is 3.37. The first-order valence-electron chi connectivity index (χ1n) is 9.26. The summed E-state index contributed by atoms with van der Waals surface area (Å²) in [6.45, 7) is 0. The largest absolute Gasteiger partial charge is 0.497 e. The van der Waals surface area contributed by atoms with Crippen LogP contribution in [0.3, 0.4) is 0 Å². The Morgan fingerprint density at radius 1 is 1.03 bits per heavy atom. The standard InChI is InChI=1S/C22H16BrN3O5S/c1-31-18-9-11-19(12-10-18)32(29,30)21-20(14-5-7-16(23)8-6-14)26(25-24-21)17-4-2-3-15(13-17)22(27)28/h2-13H,1H3,(H,27,28). The Hall–Kier alpha value is -3.50. The van der Waals surface area contributed by atoms with E-state index in [1.165, 1.54) is 36.1 Å². The lowest BCUT2D eigenvalue weighted by molar-refractivity contribution is 0.0697. The summed E-state index contributed by atoms with van der Waals surface area (Å²) in [5.74, 6) is -0.588. The molecule has 4 aromatic rings. The Balaban J connectivity index is 1.95. The zero-order valence-electron chi connectivity index (χ0n) is 16.6. The third-order valence-corrected chi connectivity index (χ3v) is 6.92. The number of hydrogen-bond donors (Lipinski definition) is 1. The molecule has 0 spiro atoms. The molecule has 0 bridgehead atoms. The average Bonchev–Trinajstić information content (AvgIpc) is 3.26. The number of methoxy groups -OCH3 is 1. The van der Waals surface area contributed by atoms with Gasteiger partial charge in [0.1, 0.15) is 11.4 Å². The van der Waals surface area contributed by atoms with E-state index >= 15 is 0 Å². The van der Waals surface area contributed by atoms with Crippen LogP contribution in [0, 0.1) is 0 Å². The maximum absolute atomic E-state index is 13.5. The van der Waals surface area contributed by atoms with Crippen LogP contribution < -0.4 is 4.74 Å². The minimum Gasteiger partial charge on any atom is -0.497 e. The van der Waals surface area contributed by atoms with Gasteiger partial charge < -0.3 is 9.84 Å². The number of carboxylic acids is 1. The second-order valence-corrected chi connectivity index (χ2v) is 9.48. The van der Waals surface area contributed by atoms with Crippen molar-refractivity contribution < 1.29 is 23.1 Å². The van der Waals surface area contributed by atoms with E-state index in [0.29, 0.717) is 17.0 Å². The molecule has 0 aliphatic rings. The molecule has 10 heteroatoms. The highest BCUT2D eigenvalue weighted by molar-refractivity contribution is 9.10. The number of aromatic carboxylic acids is 1. The maximum Gasteiger partial charge on any atom is 0.335 e. The maximum atomic E-state index is 13.5. The number of hydrogen-bond acceptors (Lipinski definition) is 6. The molecule has 3 aromatic carbocycles. The van der Waals surface area contributed by atoms with E-state index in [1.807, 2.05) is 0 Å². The molecule has 4 rings (SSSR count). The first kappa shape index (κ1) is 21.7. The van der Waals surface area contributed by atoms with Crippen molar-refractivity contribution in [1.29, 1.82) is 0 Å². The summed E-state index contributed by atoms with van der Waals surface area (Å²) < 4.78 is 34.2. The Morgan fingerprint density at radius 2 is 1.72 bits per heavy atom. The van der Waals surface area contributed by atoms with Gasteiger partial charge in [-0.15, -0.1) is 5.10 Å². The van der Waals surface area contributed by atoms with Gasteiger partial charge in [-0.05, 0) is 54.6 Å². The third kappa shape index (κ3) is 4.02. The first-order valence-corrected chi connectivity index (χ1v) is 11.5. The molecule has 0 fully saturated rings. The molecule has 162 valence electrons. The summed E-state index contributed by atoms with van der Waals surface area (Å²) in [6.07, 6.45) is 0. The van der Waals surface area contributed by atoms with Crippen molar-refractivity contribution in [3.63, 3.8) is 0 Å². The van der Waals surface area contributed by atoms with E-state index < -0.39 is 15.8 Å². The van der Waals surface area contributed by atoms with Crippen LogP contribution in [-0.4, -0.2) is 41.6 Å². The summed E-state index contributed by atoms with van der Waals surface area (Å²) in [7, 11) is -2.55. The van der Waals surface area contributed by atoms with Crippen LogP contribution in [0.1, 0.15) is 10.4 Å². The molecule has 0 aliphatic carbocycles. The summed E-state index contributed by atoms with van der Waals surface area (Å²) in [5.41, 5.74) is 1.17. The van der Waals surface area contributed by atoms with E-state index in [0.717, 1.165) is 4.47 Å². The average molecular weight is 514 g/mol. The van der Waals surface area contributed by atoms with Crippen LogP contribution in [0.15, 0.2) is 87.2 Å². The van der Waals surface area contributed by atoms with Crippen molar-refractivity contribution in [2.24, 2.45) is 0 Å². The molecule has 1 N–H and O–H groups in total. The molecule has 0 saturated heterocycles. The minimum absolute atomic E-state index is 0.0306. The van der Waals surface area contributed by atoms with E-state index in [1.54, 1.807) is 48.5 Å². The van der Waals surface area contributed by atoms with E-state index in [4.69, 9.17) is 4.74 Å². The number of sulfone groups is 1. The van der Waals surface area contributed by atoms with Gasteiger partial charge >= 0.3 is 5.97 Å². The van der Waals surface area contributed by atoms with Crippen LogP contribution >= 0.6 is 15.9 Å². The number of nitrogens with zero attached hydrogens (tertiary/aromatic N) is 3. The van der Waals surface area contributed by atoms with Crippen LogP contribution in [0.25, 0.3) is 16.9 Å². The van der Waals surface area contributed by atoms with Gasteiger partial charge in [-0.25, -0.2) is 17.9 Å². The van der Waals surface area contributed by atoms with Crippen molar-refractivity contribution in [2.75, 3.05) is 7.11 Å². The molecule has 8 nitrogen and oxygen atoms in total. The highest BCUT2D eigenvalue weighted by atomic mass is 79.9. The van der Waals surface area contributed by atoms with Crippen LogP contribution in [0.5, 0.6) is 5.75 Å². The molecule has 0 amide bonds. The van der Waals surface area contributed by atoms with Gasteiger partial charge in [0.05, 0.1) is 23.3 Å². The predicted octanol–water partition coefficient (Wildman–Crippen LogP) is 4.24.